The summed E-state index contributed by atoms with van der Waals surface area (Å²) in [4.78, 5) is 26.2. The summed E-state index contributed by atoms with van der Waals surface area (Å²) in [5.41, 5.74) is 0. The lowest BCUT2D eigenvalue weighted by molar-refractivity contribution is -0.151. The number of unbranched alkanes of at least 4 members (excludes halogenated alkanes) is 34. The molecule has 1 amide bonds. The standard InChI is InChI=1S/C56H107NO5/c1-4-7-10-13-16-19-22-25-27-28-30-32-35-38-41-44-47-52(62-56(61)49-46-43-40-37-34-31-26-23-20-17-14-11-8-5-2)50-55(60)57-53(51-58)54(59)48-45-42-39-36-33-29-24-21-18-15-12-9-6-3/h8,11,17,20,52-54,58-59H,4-7,9-10,12-16,18-19,21-51H2,1-3H3,(H,57,60)/b11-8+,20-17+. The quantitative estimate of drug-likeness (QED) is 0.0321. The number of aliphatic hydroxyl groups is 2. The second kappa shape index (κ2) is 50.3. The second-order valence-electron chi connectivity index (χ2n) is 19.0. The highest BCUT2D eigenvalue weighted by molar-refractivity contribution is 5.77. The maximum Gasteiger partial charge on any atom is 0.306 e. The molecule has 3 N–H and O–H groups in total. The number of nitrogens with one attached hydrogen (secondary N) is 1. The van der Waals surface area contributed by atoms with Gasteiger partial charge in [0.15, 0.2) is 0 Å². The lowest BCUT2D eigenvalue weighted by Crippen LogP contribution is -2.46. The fourth-order valence-electron chi connectivity index (χ4n) is 8.65. The van der Waals surface area contributed by atoms with Gasteiger partial charge in [0.1, 0.15) is 6.10 Å². The molecule has 0 radical (unpaired) electrons. The molecule has 3 unspecified atom stereocenters. The molecule has 0 saturated heterocycles. The molecule has 0 aliphatic carbocycles. The average Bonchev–Trinajstić information content (AvgIpc) is 3.26. The second-order valence-corrected chi connectivity index (χ2v) is 19.0. The zero-order valence-electron chi connectivity index (χ0n) is 41.8. The fraction of sp³-hybridized carbons (Fsp3) is 0.893. The summed E-state index contributed by atoms with van der Waals surface area (Å²) in [7, 11) is 0. The summed E-state index contributed by atoms with van der Waals surface area (Å²) < 4.78 is 5.95. The van der Waals surface area contributed by atoms with Gasteiger partial charge in [-0.3, -0.25) is 9.59 Å². The van der Waals surface area contributed by atoms with Gasteiger partial charge in [0.05, 0.1) is 25.2 Å². The minimum Gasteiger partial charge on any atom is -0.462 e. The first-order valence-electron chi connectivity index (χ1n) is 27.6. The molecule has 0 fully saturated rings. The van der Waals surface area contributed by atoms with E-state index < -0.39 is 18.2 Å². The van der Waals surface area contributed by atoms with Crippen LogP contribution in [0.4, 0.5) is 0 Å². The molecule has 3 atom stereocenters. The largest absolute Gasteiger partial charge is 0.462 e. The Morgan fingerprint density at radius 3 is 1.31 bits per heavy atom. The van der Waals surface area contributed by atoms with Crippen molar-refractivity contribution >= 4 is 11.9 Å². The Morgan fingerprint density at radius 2 is 0.871 bits per heavy atom. The number of allylic oxidation sites excluding steroid dienone is 4. The smallest absolute Gasteiger partial charge is 0.306 e. The number of hydrogen-bond donors (Lipinski definition) is 3. The van der Waals surface area contributed by atoms with Crippen molar-refractivity contribution in [3.05, 3.63) is 24.3 Å². The van der Waals surface area contributed by atoms with Crippen LogP contribution in [-0.2, 0) is 14.3 Å². The number of rotatable bonds is 50. The van der Waals surface area contributed by atoms with Crippen molar-refractivity contribution in [3.63, 3.8) is 0 Å². The summed E-state index contributed by atoms with van der Waals surface area (Å²) in [6.07, 6.45) is 58.1. The van der Waals surface area contributed by atoms with Crippen LogP contribution in [0.5, 0.6) is 0 Å². The average molecular weight is 874 g/mol. The van der Waals surface area contributed by atoms with Gasteiger partial charge in [-0.2, -0.15) is 0 Å². The summed E-state index contributed by atoms with van der Waals surface area (Å²) in [5.74, 6) is -0.465. The molecule has 366 valence electrons. The van der Waals surface area contributed by atoms with E-state index in [1.54, 1.807) is 0 Å². The van der Waals surface area contributed by atoms with Crippen LogP contribution in [0.25, 0.3) is 0 Å². The maximum absolute atomic E-state index is 13.2. The molecular weight excluding hydrogens is 767 g/mol. The first kappa shape index (κ1) is 60.3. The van der Waals surface area contributed by atoms with Gasteiger partial charge in [-0.05, 0) is 51.4 Å². The first-order chi connectivity index (χ1) is 30.5. The fourth-order valence-corrected chi connectivity index (χ4v) is 8.65. The Balaban J connectivity index is 4.54. The zero-order chi connectivity index (χ0) is 45.2. The highest BCUT2D eigenvalue weighted by atomic mass is 16.5. The van der Waals surface area contributed by atoms with Crippen molar-refractivity contribution in [1.29, 1.82) is 0 Å². The molecule has 0 aliphatic rings. The monoisotopic (exact) mass is 874 g/mol. The van der Waals surface area contributed by atoms with Crippen LogP contribution >= 0.6 is 0 Å². The van der Waals surface area contributed by atoms with E-state index >= 15 is 0 Å². The predicted octanol–water partition coefficient (Wildman–Crippen LogP) is 16.7. The van der Waals surface area contributed by atoms with E-state index in [2.05, 4.69) is 50.4 Å². The molecule has 0 aliphatic heterocycles. The third-order valence-corrected chi connectivity index (χ3v) is 12.8. The number of carbonyl (C=O) groups is 2. The normalized spacial score (nSPS) is 13.3. The van der Waals surface area contributed by atoms with Crippen molar-refractivity contribution in [3.8, 4) is 0 Å². The Labute approximate surface area is 386 Å². The molecule has 6 nitrogen and oxygen atoms in total. The van der Waals surface area contributed by atoms with Gasteiger partial charge in [0, 0.05) is 6.42 Å². The van der Waals surface area contributed by atoms with Gasteiger partial charge >= 0.3 is 5.97 Å². The minimum absolute atomic E-state index is 0.0804. The Morgan fingerprint density at radius 1 is 0.484 bits per heavy atom. The Kier molecular flexibility index (Phi) is 49.0. The number of esters is 1. The SMILES string of the molecule is CC/C=C/C/C=C/CCCCCCCCCC(=O)OC(CCCCCCCCCCCCCCCCCC)CC(=O)NC(CO)C(O)CCCCCCCCCCCCCCC. The van der Waals surface area contributed by atoms with Gasteiger partial charge in [0.25, 0.3) is 0 Å². The molecule has 0 heterocycles. The van der Waals surface area contributed by atoms with E-state index in [4.69, 9.17) is 4.74 Å². The van der Waals surface area contributed by atoms with Gasteiger partial charge in [-0.25, -0.2) is 0 Å². The van der Waals surface area contributed by atoms with Crippen LogP contribution in [0.1, 0.15) is 297 Å². The van der Waals surface area contributed by atoms with Crippen LogP contribution in [-0.4, -0.2) is 46.9 Å². The lowest BCUT2D eigenvalue weighted by Gasteiger charge is -2.24. The van der Waals surface area contributed by atoms with Crippen molar-refractivity contribution in [1.82, 2.24) is 5.32 Å². The lowest BCUT2D eigenvalue weighted by atomic mass is 10.0. The summed E-state index contributed by atoms with van der Waals surface area (Å²) in [6, 6.07) is -0.698. The highest BCUT2D eigenvalue weighted by Crippen LogP contribution is 2.19. The summed E-state index contributed by atoms with van der Waals surface area (Å²) in [5, 5.41) is 23.8. The van der Waals surface area contributed by atoms with Gasteiger partial charge in [-0.15, -0.1) is 0 Å². The molecule has 0 aromatic rings. The number of aliphatic hydroxyl groups excluding tert-OH is 2. The topological polar surface area (TPSA) is 95.9 Å². The van der Waals surface area contributed by atoms with Crippen LogP contribution in [0.15, 0.2) is 24.3 Å². The third kappa shape index (κ3) is 44.9. The molecule has 0 aromatic heterocycles. The zero-order valence-corrected chi connectivity index (χ0v) is 41.8. The van der Waals surface area contributed by atoms with Gasteiger partial charge in [0.2, 0.25) is 5.91 Å². The van der Waals surface area contributed by atoms with Crippen LogP contribution < -0.4 is 5.32 Å². The van der Waals surface area contributed by atoms with Crippen molar-refractivity contribution in [2.45, 2.75) is 315 Å². The third-order valence-electron chi connectivity index (χ3n) is 12.8. The van der Waals surface area contributed by atoms with Gasteiger partial charge in [-0.1, -0.05) is 257 Å². The summed E-state index contributed by atoms with van der Waals surface area (Å²) in [6.45, 7) is 6.41. The molecular formula is C56H107NO5. The van der Waals surface area contributed by atoms with Crippen LogP contribution in [0.3, 0.4) is 0 Å². The number of amides is 1. The summed E-state index contributed by atoms with van der Waals surface area (Å²) >= 11 is 0. The van der Waals surface area contributed by atoms with E-state index in [9.17, 15) is 19.8 Å². The van der Waals surface area contributed by atoms with E-state index in [1.165, 1.54) is 186 Å². The first-order valence-corrected chi connectivity index (χ1v) is 27.6. The number of hydrogen-bond acceptors (Lipinski definition) is 5. The molecule has 62 heavy (non-hydrogen) atoms. The van der Waals surface area contributed by atoms with E-state index in [-0.39, 0.29) is 24.9 Å². The molecule has 0 saturated carbocycles. The molecule has 0 spiro atoms. The molecule has 0 rings (SSSR count). The predicted molar refractivity (Wildman–Crippen MR) is 269 cm³/mol. The van der Waals surface area contributed by atoms with Gasteiger partial charge < -0.3 is 20.3 Å². The number of ether oxygens (including phenoxy) is 1. The minimum atomic E-state index is -0.784. The van der Waals surface area contributed by atoms with Crippen LogP contribution in [0.2, 0.25) is 0 Å². The van der Waals surface area contributed by atoms with E-state index in [0.29, 0.717) is 19.3 Å². The Bertz CT molecular complexity index is 981. The molecule has 0 bridgehead atoms. The van der Waals surface area contributed by atoms with Crippen molar-refractivity contribution in [2.24, 2.45) is 0 Å². The van der Waals surface area contributed by atoms with Crippen LogP contribution in [0, 0.1) is 0 Å². The molecule has 0 aromatic carbocycles. The van der Waals surface area contributed by atoms with Crippen molar-refractivity contribution in [2.75, 3.05) is 6.61 Å². The maximum atomic E-state index is 13.2. The van der Waals surface area contributed by atoms with Crippen molar-refractivity contribution < 1.29 is 24.5 Å². The number of carbonyl (C=O) groups excluding carboxylic acids is 2. The highest BCUT2D eigenvalue weighted by Gasteiger charge is 2.24. The molecule has 6 heteroatoms. The van der Waals surface area contributed by atoms with E-state index in [0.717, 1.165) is 64.2 Å². The Hall–Kier alpha value is -1.66. The van der Waals surface area contributed by atoms with E-state index in [1.807, 2.05) is 0 Å².